The fraction of sp³-hybridized carbons (Fsp3) is 0. The first-order valence-corrected chi connectivity index (χ1v) is 6.60. The van der Waals surface area contributed by atoms with Crippen LogP contribution < -0.4 is 0 Å². The van der Waals surface area contributed by atoms with Crippen molar-refractivity contribution in [2.75, 3.05) is 0 Å². The molecule has 0 atom stereocenters. The molecule has 0 aliphatic rings. The van der Waals surface area contributed by atoms with Crippen molar-refractivity contribution in [3.63, 3.8) is 0 Å². The van der Waals surface area contributed by atoms with E-state index in [9.17, 15) is 18.6 Å². The van der Waals surface area contributed by atoms with Crippen molar-refractivity contribution >= 4 is 9.84 Å². The van der Waals surface area contributed by atoms with Gasteiger partial charge in [-0.1, -0.05) is 0 Å². The van der Waals surface area contributed by atoms with E-state index >= 15 is 0 Å². The molecule has 0 aliphatic heterocycles. The molecule has 2 aromatic carbocycles. The molecule has 6 nitrogen and oxygen atoms in total. The lowest BCUT2D eigenvalue weighted by molar-refractivity contribution is 0.401. The monoisotopic (exact) mass is 282 g/mol. The summed E-state index contributed by atoms with van der Waals surface area (Å²) < 4.78 is 24.4. The Hall–Kier alpha value is -2.41. The Balaban J connectivity index is 2.58. The zero-order valence-corrected chi connectivity index (χ0v) is 10.3. The second-order valence-electron chi connectivity index (χ2n) is 3.80. The summed E-state index contributed by atoms with van der Waals surface area (Å²) in [7, 11) is -3.96. The minimum absolute atomic E-state index is 0.243. The summed E-state index contributed by atoms with van der Waals surface area (Å²) in [5.41, 5.74) is 0. The van der Waals surface area contributed by atoms with Crippen molar-refractivity contribution in [2.45, 2.75) is 9.79 Å². The van der Waals surface area contributed by atoms with Crippen LogP contribution in [0.2, 0.25) is 0 Å². The van der Waals surface area contributed by atoms with Gasteiger partial charge in [-0.15, -0.1) is 0 Å². The highest BCUT2D eigenvalue weighted by Crippen LogP contribution is 2.33. The first-order valence-electron chi connectivity index (χ1n) is 5.11. The highest BCUT2D eigenvalue weighted by atomic mass is 32.2. The molecule has 0 aromatic heterocycles. The molecular weight excluding hydrogens is 272 g/mol. The molecule has 0 saturated carbocycles. The van der Waals surface area contributed by atoms with Gasteiger partial charge in [0, 0.05) is 12.1 Å². The summed E-state index contributed by atoms with van der Waals surface area (Å²) in [4.78, 5) is -0.485. The summed E-state index contributed by atoms with van der Waals surface area (Å²) >= 11 is 0. The van der Waals surface area contributed by atoms with Gasteiger partial charge in [-0.05, 0) is 24.3 Å². The van der Waals surface area contributed by atoms with Crippen LogP contribution in [-0.2, 0) is 9.84 Å². The van der Waals surface area contributed by atoms with Crippen molar-refractivity contribution in [3.8, 4) is 23.0 Å². The van der Waals surface area contributed by atoms with Crippen LogP contribution in [0.4, 0.5) is 0 Å². The maximum Gasteiger partial charge on any atom is 0.206 e. The van der Waals surface area contributed by atoms with E-state index < -0.39 is 32.8 Å². The zero-order valence-electron chi connectivity index (χ0n) is 9.48. The van der Waals surface area contributed by atoms with Crippen molar-refractivity contribution in [2.24, 2.45) is 0 Å². The van der Waals surface area contributed by atoms with Gasteiger partial charge < -0.3 is 20.4 Å². The topological polar surface area (TPSA) is 115 Å². The van der Waals surface area contributed by atoms with Gasteiger partial charge in [-0.3, -0.25) is 0 Å². The van der Waals surface area contributed by atoms with Crippen molar-refractivity contribution in [1.29, 1.82) is 0 Å². The van der Waals surface area contributed by atoms with Crippen molar-refractivity contribution in [3.05, 3.63) is 36.4 Å². The summed E-state index contributed by atoms with van der Waals surface area (Å²) in [6.07, 6.45) is 0. The summed E-state index contributed by atoms with van der Waals surface area (Å²) in [5.74, 6) is -2.01. The fourth-order valence-electron chi connectivity index (χ4n) is 1.48. The van der Waals surface area contributed by atoms with Gasteiger partial charge in [0.05, 0.1) is 9.79 Å². The Morgan fingerprint density at radius 2 is 1.00 bits per heavy atom. The lowest BCUT2D eigenvalue weighted by Crippen LogP contribution is -2.01. The predicted octanol–water partition coefficient (Wildman–Crippen LogP) is 1.34. The molecule has 0 aliphatic carbocycles. The summed E-state index contributed by atoms with van der Waals surface area (Å²) in [6.45, 7) is 0. The Labute approximate surface area is 108 Å². The maximum atomic E-state index is 12.2. The average Bonchev–Trinajstić information content (AvgIpc) is 2.35. The van der Waals surface area contributed by atoms with E-state index in [1.54, 1.807) is 0 Å². The van der Waals surface area contributed by atoms with Crippen molar-refractivity contribution < 1.29 is 28.8 Å². The van der Waals surface area contributed by atoms with E-state index in [4.69, 9.17) is 10.2 Å². The number of benzene rings is 2. The zero-order chi connectivity index (χ0) is 14.2. The van der Waals surface area contributed by atoms with E-state index in [1.165, 1.54) is 0 Å². The molecule has 0 unspecified atom stereocenters. The second-order valence-corrected chi connectivity index (χ2v) is 5.75. The van der Waals surface area contributed by atoms with Crippen LogP contribution in [0.15, 0.2) is 46.2 Å². The van der Waals surface area contributed by atoms with Crippen LogP contribution in [0.5, 0.6) is 23.0 Å². The first-order chi connectivity index (χ1) is 8.82. The Bertz CT molecular complexity index is 678. The lowest BCUT2D eigenvalue weighted by atomic mass is 10.3. The smallest absolute Gasteiger partial charge is 0.206 e. The Morgan fingerprint density at radius 3 is 1.32 bits per heavy atom. The highest BCUT2D eigenvalue weighted by Gasteiger charge is 2.20. The van der Waals surface area contributed by atoms with Gasteiger partial charge >= 0.3 is 0 Å². The van der Waals surface area contributed by atoms with E-state index in [0.717, 1.165) is 36.4 Å². The third-order valence-corrected chi connectivity index (χ3v) is 4.26. The van der Waals surface area contributed by atoms with E-state index in [-0.39, 0.29) is 9.79 Å². The molecule has 0 saturated heterocycles. The van der Waals surface area contributed by atoms with Crippen LogP contribution in [0.1, 0.15) is 0 Å². The van der Waals surface area contributed by atoms with E-state index in [1.807, 2.05) is 0 Å². The quantitative estimate of drug-likeness (QED) is 0.618. The minimum Gasteiger partial charge on any atom is -0.504 e. The van der Waals surface area contributed by atoms with Crippen LogP contribution in [0.3, 0.4) is 0 Å². The third kappa shape index (κ3) is 2.27. The number of phenolic OH excluding ortho intramolecular Hbond substituents is 4. The number of phenols is 4. The maximum absolute atomic E-state index is 12.2. The summed E-state index contributed by atoms with van der Waals surface area (Å²) in [6, 6.07) is 6.12. The molecule has 2 rings (SSSR count). The standard InChI is InChI=1S/C12H10O6S/c13-9-3-1-7(5-11(9)15)19(17,18)8-2-4-10(14)12(16)6-8/h1-6,13-16H. The summed E-state index contributed by atoms with van der Waals surface area (Å²) in [5, 5.41) is 36.9. The van der Waals surface area contributed by atoms with Gasteiger partial charge in [0.2, 0.25) is 9.84 Å². The molecular formula is C12H10O6S. The van der Waals surface area contributed by atoms with Gasteiger partial charge in [0.25, 0.3) is 0 Å². The van der Waals surface area contributed by atoms with Crippen LogP contribution in [0.25, 0.3) is 0 Å². The number of hydrogen-bond acceptors (Lipinski definition) is 6. The number of sulfone groups is 1. The molecule has 19 heavy (non-hydrogen) atoms. The fourth-order valence-corrected chi connectivity index (χ4v) is 2.78. The number of aromatic hydroxyl groups is 4. The Morgan fingerprint density at radius 1 is 0.632 bits per heavy atom. The molecule has 7 heteroatoms. The third-order valence-electron chi connectivity index (χ3n) is 2.51. The average molecular weight is 282 g/mol. The molecule has 0 heterocycles. The number of hydrogen-bond donors (Lipinski definition) is 4. The van der Waals surface area contributed by atoms with E-state index in [0.29, 0.717) is 0 Å². The molecule has 0 radical (unpaired) electrons. The highest BCUT2D eigenvalue weighted by molar-refractivity contribution is 7.91. The van der Waals surface area contributed by atoms with Crippen LogP contribution >= 0.6 is 0 Å². The lowest BCUT2D eigenvalue weighted by Gasteiger charge is -2.07. The van der Waals surface area contributed by atoms with Gasteiger partial charge in [0.15, 0.2) is 23.0 Å². The predicted molar refractivity (Wildman–Crippen MR) is 65.0 cm³/mol. The van der Waals surface area contributed by atoms with Crippen LogP contribution in [-0.4, -0.2) is 28.8 Å². The van der Waals surface area contributed by atoms with Gasteiger partial charge in [0.1, 0.15) is 0 Å². The van der Waals surface area contributed by atoms with Gasteiger partial charge in [-0.25, -0.2) is 8.42 Å². The SMILES string of the molecule is O=S(=O)(c1ccc(O)c(O)c1)c1ccc(O)c(O)c1. The first kappa shape index (κ1) is 13.0. The van der Waals surface area contributed by atoms with E-state index in [2.05, 4.69) is 0 Å². The molecule has 0 amide bonds. The molecule has 4 N–H and O–H groups in total. The van der Waals surface area contributed by atoms with Gasteiger partial charge in [-0.2, -0.15) is 0 Å². The van der Waals surface area contributed by atoms with Crippen molar-refractivity contribution in [1.82, 2.24) is 0 Å². The number of rotatable bonds is 2. The normalized spacial score (nSPS) is 11.4. The molecule has 2 aromatic rings. The molecule has 100 valence electrons. The minimum atomic E-state index is -3.96. The molecule has 0 fully saturated rings. The van der Waals surface area contributed by atoms with Crippen LogP contribution in [0, 0.1) is 0 Å². The second kappa shape index (κ2) is 4.36. The molecule has 0 spiro atoms. The largest absolute Gasteiger partial charge is 0.504 e. The Kier molecular flexibility index (Phi) is 2.99. The molecule has 0 bridgehead atoms.